The fourth-order valence-electron chi connectivity index (χ4n) is 2.75. The first-order valence-corrected chi connectivity index (χ1v) is 10.9. The van der Waals surface area contributed by atoms with Crippen LogP contribution >= 0.6 is 22.7 Å². The van der Waals surface area contributed by atoms with Crippen molar-refractivity contribution in [2.24, 2.45) is 5.92 Å². The second kappa shape index (κ2) is 7.30. The highest BCUT2D eigenvalue weighted by molar-refractivity contribution is 7.91. The molecule has 1 aliphatic heterocycles. The van der Waals surface area contributed by atoms with Crippen LogP contribution in [-0.2, 0) is 10.0 Å². The molecule has 0 unspecified atom stereocenters. The number of amides is 1. The standard InChI is InChI=1S/C15H19N3O3S3/c1-11-17-13(10-23-11)15(19)18-6-2-4-12(9-18)8-16-24(20,21)14-5-3-7-22-14/h3,5,7,10,12,16H,2,4,6,8-9H2,1H3/t12-/m0/s1. The van der Waals surface area contributed by atoms with Crippen LogP contribution in [-0.4, -0.2) is 43.8 Å². The monoisotopic (exact) mass is 385 g/mol. The molecule has 1 saturated heterocycles. The Morgan fingerprint density at radius 1 is 1.46 bits per heavy atom. The van der Waals surface area contributed by atoms with Crippen molar-refractivity contribution >= 4 is 38.6 Å². The number of thiazole rings is 1. The van der Waals surface area contributed by atoms with Crippen LogP contribution in [0, 0.1) is 12.8 Å². The van der Waals surface area contributed by atoms with Crippen LogP contribution < -0.4 is 4.72 Å². The van der Waals surface area contributed by atoms with Crippen molar-refractivity contribution in [1.82, 2.24) is 14.6 Å². The predicted molar refractivity (Wildman–Crippen MR) is 95.0 cm³/mol. The number of nitrogens with zero attached hydrogens (tertiary/aromatic N) is 2. The average Bonchev–Trinajstić information content (AvgIpc) is 3.24. The summed E-state index contributed by atoms with van der Waals surface area (Å²) in [6.45, 7) is 3.48. The van der Waals surface area contributed by atoms with E-state index in [1.54, 1.807) is 27.8 Å². The summed E-state index contributed by atoms with van der Waals surface area (Å²) in [5.74, 6) is 0.0577. The number of hydrogen-bond acceptors (Lipinski definition) is 6. The molecule has 1 aliphatic rings. The molecule has 0 aromatic carbocycles. The van der Waals surface area contributed by atoms with Crippen LogP contribution in [0.1, 0.15) is 28.3 Å². The molecular formula is C15H19N3O3S3. The highest BCUT2D eigenvalue weighted by Gasteiger charge is 2.27. The lowest BCUT2D eigenvalue weighted by molar-refractivity contribution is 0.0671. The number of sulfonamides is 1. The van der Waals surface area contributed by atoms with Gasteiger partial charge in [0.25, 0.3) is 5.91 Å². The molecule has 0 bridgehead atoms. The molecule has 9 heteroatoms. The molecule has 1 N–H and O–H groups in total. The SMILES string of the molecule is Cc1nc(C(=O)N2CCC[C@@H](CNS(=O)(=O)c3cccs3)C2)cs1. The zero-order valence-corrected chi connectivity index (χ0v) is 15.7. The maximum absolute atomic E-state index is 12.5. The summed E-state index contributed by atoms with van der Waals surface area (Å²) in [6.07, 6.45) is 1.78. The van der Waals surface area contributed by atoms with Crippen LogP contribution in [0.4, 0.5) is 0 Å². The van der Waals surface area contributed by atoms with Crippen LogP contribution in [0.5, 0.6) is 0 Å². The predicted octanol–water partition coefficient (Wildman–Crippen LogP) is 2.34. The topological polar surface area (TPSA) is 79.4 Å². The van der Waals surface area contributed by atoms with E-state index in [1.165, 1.54) is 22.7 Å². The lowest BCUT2D eigenvalue weighted by atomic mass is 9.98. The van der Waals surface area contributed by atoms with Gasteiger partial charge in [-0.1, -0.05) is 6.07 Å². The molecule has 2 aromatic rings. The van der Waals surface area contributed by atoms with Gasteiger partial charge in [-0.05, 0) is 37.1 Å². The van der Waals surface area contributed by atoms with E-state index in [-0.39, 0.29) is 11.8 Å². The number of nitrogens with one attached hydrogen (secondary N) is 1. The molecule has 24 heavy (non-hydrogen) atoms. The molecule has 130 valence electrons. The summed E-state index contributed by atoms with van der Waals surface area (Å²) in [6, 6.07) is 3.31. The van der Waals surface area contributed by atoms with E-state index >= 15 is 0 Å². The zero-order valence-electron chi connectivity index (χ0n) is 13.3. The van der Waals surface area contributed by atoms with E-state index in [4.69, 9.17) is 0 Å². The smallest absolute Gasteiger partial charge is 0.273 e. The first-order chi connectivity index (χ1) is 11.5. The van der Waals surface area contributed by atoms with Gasteiger partial charge in [0.1, 0.15) is 9.90 Å². The minimum absolute atomic E-state index is 0.0647. The first kappa shape index (κ1) is 17.5. The number of aromatic nitrogens is 1. The molecule has 0 radical (unpaired) electrons. The minimum Gasteiger partial charge on any atom is -0.337 e. The summed E-state index contributed by atoms with van der Waals surface area (Å²) in [5, 5.41) is 4.39. The van der Waals surface area contributed by atoms with E-state index in [0.29, 0.717) is 29.5 Å². The Morgan fingerprint density at radius 3 is 2.96 bits per heavy atom. The Bertz CT molecular complexity index is 799. The number of carbonyl (C=O) groups is 1. The van der Waals surface area contributed by atoms with Crippen LogP contribution in [0.15, 0.2) is 27.1 Å². The number of hydrogen-bond donors (Lipinski definition) is 1. The summed E-state index contributed by atoms with van der Waals surface area (Å²) >= 11 is 2.66. The van der Waals surface area contributed by atoms with Crippen molar-refractivity contribution in [3.63, 3.8) is 0 Å². The largest absolute Gasteiger partial charge is 0.337 e. The number of thiophene rings is 1. The van der Waals surface area contributed by atoms with E-state index in [0.717, 1.165) is 17.8 Å². The van der Waals surface area contributed by atoms with Gasteiger partial charge in [0, 0.05) is 25.0 Å². The van der Waals surface area contributed by atoms with E-state index in [9.17, 15) is 13.2 Å². The van der Waals surface area contributed by atoms with Gasteiger partial charge in [0.15, 0.2) is 0 Å². The number of aryl methyl sites for hydroxylation is 1. The Morgan fingerprint density at radius 2 is 2.29 bits per heavy atom. The summed E-state index contributed by atoms with van der Waals surface area (Å²) < 4.78 is 27.4. The number of carbonyl (C=O) groups excluding carboxylic acids is 1. The van der Waals surface area contributed by atoms with Crippen molar-refractivity contribution in [3.05, 3.63) is 33.6 Å². The molecule has 6 nitrogen and oxygen atoms in total. The second-order valence-corrected chi connectivity index (χ2v) is 9.80. The van der Waals surface area contributed by atoms with Gasteiger partial charge in [-0.25, -0.2) is 18.1 Å². The maximum atomic E-state index is 12.5. The molecule has 3 rings (SSSR count). The van der Waals surface area contributed by atoms with Gasteiger partial charge in [-0.3, -0.25) is 4.79 Å². The van der Waals surface area contributed by atoms with Crippen molar-refractivity contribution in [3.8, 4) is 0 Å². The fourth-order valence-corrected chi connectivity index (χ4v) is 5.50. The summed E-state index contributed by atoms with van der Waals surface area (Å²) in [7, 11) is -3.45. The van der Waals surface area contributed by atoms with Crippen LogP contribution in [0.2, 0.25) is 0 Å². The van der Waals surface area contributed by atoms with Gasteiger partial charge < -0.3 is 4.90 Å². The molecule has 0 aliphatic carbocycles. The van der Waals surface area contributed by atoms with Crippen LogP contribution in [0.25, 0.3) is 0 Å². The quantitative estimate of drug-likeness (QED) is 0.857. The molecule has 0 spiro atoms. The highest BCUT2D eigenvalue weighted by atomic mass is 32.2. The van der Waals surface area contributed by atoms with Gasteiger partial charge in [-0.2, -0.15) is 0 Å². The lowest BCUT2D eigenvalue weighted by Gasteiger charge is -2.32. The zero-order chi connectivity index (χ0) is 17.2. The van der Waals surface area contributed by atoms with Gasteiger partial charge >= 0.3 is 0 Å². The first-order valence-electron chi connectivity index (χ1n) is 7.70. The number of piperidine rings is 1. The minimum atomic E-state index is -3.45. The van der Waals surface area contributed by atoms with E-state index in [1.807, 2.05) is 6.92 Å². The fraction of sp³-hybridized carbons (Fsp3) is 0.467. The Balaban J connectivity index is 1.59. The molecule has 1 amide bonds. The molecule has 0 saturated carbocycles. The van der Waals surface area contributed by atoms with Crippen molar-refractivity contribution in [2.75, 3.05) is 19.6 Å². The van der Waals surface area contributed by atoms with Crippen molar-refractivity contribution in [2.45, 2.75) is 24.0 Å². The normalized spacial score (nSPS) is 18.7. The van der Waals surface area contributed by atoms with E-state index < -0.39 is 10.0 Å². The average molecular weight is 386 g/mol. The van der Waals surface area contributed by atoms with Crippen LogP contribution in [0.3, 0.4) is 0 Å². The highest BCUT2D eigenvalue weighted by Crippen LogP contribution is 2.21. The molecule has 3 heterocycles. The summed E-state index contributed by atoms with van der Waals surface area (Å²) in [5.41, 5.74) is 0.484. The van der Waals surface area contributed by atoms with Gasteiger partial charge in [-0.15, -0.1) is 22.7 Å². The number of rotatable bonds is 5. The van der Waals surface area contributed by atoms with E-state index in [2.05, 4.69) is 9.71 Å². The third-order valence-electron chi connectivity index (χ3n) is 3.97. The molecular weight excluding hydrogens is 366 g/mol. The molecule has 1 atom stereocenters. The Hall–Kier alpha value is -1.29. The number of likely N-dealkylation sites (tertiary alicyclic amines) is 1. The van der Waals surface area contributed by atoms with Gasteiger partial charge in [0.2, 0.25) is 10.0 Å². The third kappa shape index (κ3) is 4.02. The maximum Gasteiger partial charge on any atom is 0.273 e. The second-order valence-electron chi connectivity index (χ2n) is 5.80. The third-order valence-corrected chi connectivity index (χ3v) is 7.56. The Labute approximate surface area is 149 Å². The van der Waals surface area contributed by atoms with Gasteiger partial charge in [0.05, 0.1) is 5.01 Å². The molecule has 2 aromatic heterocycles. The van der Waals surface area contributed by atoms with Crippen molar-refractivity contribution < 1.29 is 13.2 Å². The molecule has 1 fully saturated rings. The lowest BCUT2D eigenvalue weighted by Crippen LogP contribution is -2.43. The Kier molecular flexibility index (Phi) is 5.33. The summed E-state index contributed by atoms with van der Waals surface area (Å²) in [4.78, 5) is 18.5. The van der Waals surface area contributed by atoms with Crippen molar-refractivity contribution in [1.29, 1.82) is 0 Å².